The number of halogens is 4. The Kier molecular flexibility index (Phi) is 11.8. The van der Waals surface area contributed by atoms with Gasteiger partial charge in [-0.2, -0.15) is 0 Å². The zero-order valence-electron chi connectivity index (χ0n) is 17.3. The van der Waals surface area contributed by atoms with E-state index in [4.69, 9.17) is 21.1 Å². The van der Waals surface area contributed by atoms with Crippen LogP contribution in [0.2, 0.25) is 5.02 Å². The highest BCUT2D eigenvalue weighted by molar-refractivity contribution is 6.32. The van der Waals surface area contributed by atoms with Gasteiger partial charge in [0.15, 0.2) is 11.5 Å². The first-order valence-electron chi connectivity index (χ1n) is 9.79. The SMILES string of the molecule is CCN1CCCC1CNCc1cc(Cl)c(OCc2ccc(F)cc2)c(OC)c1.Cl.Cl. The van der Waals surface area contributed by atoms with Crippen LogP contribution in [-0.4, -0.2) is 37.7 Å². The normalized spacial score (nSPS) is 15.9. The molecule has 0 spiro atoms. The Labute approximate surface area is 195 Å². The number of benzene rings is 2. The topological polar surface area (TPSA) is 33.7 Å². The molecule has 1 N–H and O–H groups in total. The third kappa shape index (κ3) is 7.17. The molecule has 1 aliphatic heterocycles. The maximum absolute atomic E-state index is 13.0. The molecule has 0 aromatic heterocycles. The average Bonchev–Trinajstić information content (AvgIpc) is 3.15. The van der Waals surface area contributed by atoms with Gasteiger partial charge in [-0.25, -0.2) is 4.39 Å². The Hall–Kier alpha value is -1.24. The van der Waals surface area contributed by atoms with E-state index in [1.807, 2.05) is 12.1 Å². The minimum absolute atomic E-state index is 0. The van der Waals surface area contributed by atoms with Gasteiger partial charge in [-0.3, -0.25) is 4.90 Å². The summed E-state index contributed by atoms with van der Waals surface area (Å²) in [6.45, 7) is 6.50. The fourth-order valence-electron chi connectivity index (χ4n) is 3.68. The Morgan fingerprint density at radius 3 is 2.57 bits per heavy atom. The van der Waals surface area contributed by atoms with Crippen LogP contribution in [0.15, 0.2) is 36.4 Å². The Morgan fingerprint density at radius 2 is 1.90 bits per heavy atom. The molecule has 3 rings (SSSR count). The molecule has 0 amide bonds. The lowest BCUT2D eigenvalue weighted by atomic mass is 10.1. The molecule has 2 aromatic rings. The third-order valence-corrected chi connectivity index (χ3v) is 5.48. The van der Waals surface area contributed by atoms with Crippen LogP contribution < -0.4 is 14.8 Å². The molecular formula is C22H30Cl3FN2O2. The van der Waals surface area contributed by atoms with Crippen LogP contribution in [0.4, 0.5) is 4.39 Å². The maximum atomic E-state index is 13.0. The van der Waals surface area contributed by atoms with Crippen LogP contribution in [0.25, 0.3) is 0 Å². The van der Waals surface area contributed by atoms with Crippen molar-refractivity contribution in [3.05, 3.63) is 58.4 Å². The van der Waals surface area contributed by atoms with E-state index in [0.717, 1.165) is 30.8 Å². The van der Waals surface area contributed by atoms with Crippen LogP contribution in [0.5, 0.6) is 11.5 Å². The molecule has 1 saturated heterocycles. The predicted octanol–water partition coefficient (Wildman–Crippen LogP) is 5.48. The summed E-state index contributed by atoms with van der Waals surface area (Å²) in [5.74, 6) is 0.837. The van der Waals surface area contributed by atoms with E-state index in [9.17, 15) is 4.39 Å². The highest BCUT2D eigenvalue weighted by Crippen LogP contribution is 2.37. The number of rotatable bonds is 9. The second-order valence-electron chi connectivity index (χ2n) is 7.08. The quantitative estimate of drug-likeness (QED) is 0.516. The van der Waals surface area contributed by atoms with Crippen molar-refractivity contribution >= 4 is 36.4 Å². The van der Waals surface area contributed by atoms with Gasteiger partial charge in [-0.05, 0) is 61.3 Å². The second-order valence-corrected chi connectivity index (χ2v) is 7.49. The highest BCUT2D eigenvalue weighted by Gasteiger charge is 2.22. The summed E-state index contributed by atoms with van der Waals surface area (Å²) >= 11 is 6.46. The van der Waals surface area contributed by atoms with Crippen molar-refractivity contribution in [2.75, 3.05) is 26.7 Å². The molecule has 1 atom stereocenters. The van der Waals surface area contributed by atoms with Crippen LogP contribution in [-0.2, 0) is 13.2 Å². The molecule has 1 heterocycles. The van der Waals surface area contributed by atoms with Crippen LogP contribution >= 0.6 is 36.4 Å². The molecule has 0 saturated carbocycles. The number of ether oxygens (including phenoxy) is 2. The monoisotopic (exact) mass is 478 g/mol. The zero-order valence-corrected chi connectivity index (χ0v) is 19.7. The summed E-state index contributed by atoms with van der Waals surface area (Å²) in [7, 11) is 1.60. The first-order valence-corrected chi connectivity index (χ1v) is 10.2. The van der Waals surface area contributed by atoms with Gasteiger partial charge in [0.05, 0.1) is 12.1 Å². The molecule has 8 heteroatoms. The zero-order chi connectivity index (χ0) is 19.9. The lowest BCUT2D eigenvalue weighted by Gasteiger charge is -2.23. The maximum Gasteiger partial charge on any atom is 0.180 e. The largest absolute Gasteiger partial charge is 0.493 e. The molecule has 0 radical (unpaired) electrons. The molecule has 1 fully saturated rings. The Balaban J connectivity index is 0.00000225. The summed E-state index contributed by atoms with van der Waals surface area (Å²) in [4.78, 5) is 2.52. The Morgan fingerprint density at radius 1 is 1.17 bits per heavy atom. The molecule has 0 bridgehead atoms. The summed E-state index contributed by atoms with van der Waals surface area (Å²) < 4.78 is 24.4. The van der Waals surface area contributed by atoms with E-state index in [0.29, 0.717) is 29.2 Å². The number of likely N-dealkylation sites (N-methyl/N-ethyl adjacent to an activating group) is 1. The molecule has 4 nitrogen and oxygen atoms in total. The number of methoxy groups -OCH3 is 1. The van der Waals surface area contributed by atoms with Gasteiger partial charge < -0.3 is 14.8 Å². The molecule has 30 heavy (non-hydrogen) atoms. The van der Waals surface area contributed by atoms with Crippen LogP contribution in [0.3, 0.4) is 0 Å². The molecule has 1 aliphatic rings. The van der Waals surface area contributed by atoms with Crippen LogP contribution in [0, 0.1) is 5.82 Å². The summed E-state index contributed by atoms with van der Waals surface area (Å²) in [6.07, 6.45) is 2.53. The molecule has 2 aromatic carbocycles. The fourth-order valence-corrected chi connectivity index (χ4v) is 3.97. The predicted molar refractivity (Wildman–Crippen MR) is 125 cm³/mol. The minimum Gasteiger partial charge on any atom is -0.493 e. The van der Waals surface area contributed by atoms with Crippen molar-refractivity contribution in [3.63, 3.8) is 0 Å². The molecular weight excluding hydrogens is 450 g/mol. The summed E-state index contributed by atoms with van der Waals surface area (Å²) in [6, 6.07) is 10.7. The number of hydrogen-bond donors (Lipinski definition) is 1. The van der Waals surface area contributed by atoms with Crippen molar-refractivity contribution in [1.82, 2.24) is 10.2 Å². The highest BCUT2D eigenvalue weighted by atomic mass is 35.5. The second kappa shape index (κ2) is 13.2. The standard InChI is InChI=1S/C22H28ClFN2O2.2ClH/c1-3-26-10-4-5-19(26)14-25-13-17-11-20(23)22(21(12-17)27-2)28-15-16-6-8-18(24)9-7-16;;/h6-9,11-12,19,25H,3-5,10,13-15H2,1-2H3;2*1H. The van der Waals surface area contributed by atoms with E-state index in [1.54, 1.807) is 19.2 Å². The average molecular weight is 480 g/mol. The number of nitrogens with one attached hydrogen (secondary N) is 1. The van der Waals surface area contributed by atoms with Gasteiger partial charge in [0.25, 0.3) is 0 Å². The van der Waals surface area contributed by atoms with Gasteiger partial charge >= 0.3 is 0 Å². The lowest BCUT2D eigenvalue weighted by molar-refractivity contribution is 0.260. The van der Waals surface area contributed by atoms with E-state index >= 15 is 0 Å². The van der Waals surface area contributed by atoms with Gasteiger partial charge in [-0.1, -0.05) is 30.7 Å². The Bertz CT molecular complexity index is 778. The van der Waals surface area contributed by atoms with Gasteiger partial charge in [0.1, 0.15) is 12.4 Å². The summed E-state index contributed by atoms with van der Waals surface area (Å²) in [5.41, 5.74) is 1.92. The van der Waals surface area contributed by atoms with Crippen molar-refractivity contribution in [3.8, 4) is 11.5 Å². The smallest absolute Gasteiger partial charge is 0.180 e. The van der Waals surface area contributed by atoms with Gasteiger partial charge in [-0.15, -0.1) is 24.8 Å². The lowest BCUT2D eigenvalue weighted by Crippen LogP contribution is -2.37. The fraction of sp³-hybridized carbons (Fsp3) is 0.455. The third-order valence-electron chi connectivity index (χ3n) is 5.20. The van der Waals surface area contributed by atoms with E-state index in [2.05, 4.69) is 17.1 Å². The van der Waals surface area contributed by atoms with Crippen molar-refractivity contribution in [2.45, 2.75) is 39.0 Å². The molecule has 168 valence electrons. The molecule has 0 aliphatic carbocycles. The van der Waals surface area contributed by atoms with Crippen molar-refractivity contribution in [2.24, 2.45) is 0 Å². The first kappa shape index (κ1) is 26.8. The van der Waals surface area contributed by atoms with Gasteiger partial charge in [0.2, 0.25) is 0 Å². The van der Waals surface area contributed by atoms with E-state index < -0.39 is 0 Å². The number of nitrogens with zero attached hydrogens (tertiary/aromatic N) is 1. The van der Waals surface area contributed by atoms with E-state index in [-0.39, 0.29) is 30.6 Å². The van der Waals surface area contributed by atoms with Crippen molar-refractivity contribution in [1.29, 1.82) is 0 Å². The van der Waals surface area contributed by atoms with Crippen molar-refractivity contribution < 1.29 is 13.9 Å². The number of hydrogen-bond acceptors (Lipinski definition) is 4. The van der Waals surface area contributed by atoms with Crippen LogP contribution in [0.1, 0.15) is 30.9 Å². The first-order chi connectivity index (χ1) is 13.6. The van der Waals surface area contributed by atoms with E-state index in [1.165, 1.54) is 31.5 Å². The summed E-state index contributed by atoms with van der Waals surface area (Å²) in [5, 5.41) is 4.05. The molecule has 1 unspecified atom stereocenters. The number of likely N-dealkylation sites (tertiary alicyclic amines) is 1. The van der Waals surface area contributed by atoms with Gasteiger partial charge in [0, 0.05) is 19.1 Å². The minimum atomic E-state index is -0.268.